The Morgan fingerprint density at radius 2 is 2.33 bits per heavy atom. The van der Waals surface area contributed by atoms with Crippen molar-refractivity contribution in [3.63, 3.8) is 0 Å². The fourth-order valence-electron chi connectivity index (χ4n) is 0.886. The second-order valence-corrected chi connectivity index (χ2v) is 2.71. The first-order chi connectivity index (χ1) is 7.15. The number of nitrogens with two attached hydrogens (primary N) is 1. The second kappa shape index (κ2) is 4.77. The van der Waals surface area contributed by atoms with Gasteiger partial charge in [-0.25, -0.2) is 0 Å². The summed E-state index contributed by atoms with van der Waals surface area (Å²) >= 11 is 0. The fraction of sp³-hybridized carbons (Fsp3) is 0.100. The van der Waals surface area contributed by atoms with Gasteiger partial charge in [-0.3, -0.25) is 9.59 Å². The highest BCUT2D eigenvalue weighted by Crippen LogP contribution is 2.04. The minimum absolute atomic E-state index is 0.146. The van der Waals surface area contributed by atoms with Gasteiger partial charge >= 0.3 is 0 Å². The lowest BCUT2D eigenvalue weighted by Crippen LogP contribution is -2.20. The lowest BCUT2D eigenvalue weighted by molar-refractivity contribution is -0.119. The molecule has 1 unspecified atom stereocenters. The van der Waals surface area contributed by atoms with E-state index in [9.17, 15) is 9.59 Å². The van der Waals surface area contributed by atoms with E-state index in [2.05, 4.69) is 0 Å². The summed E-state index contributed by atoms with van der Waals surface area (Å²) in [7, 11) is 0. The molecule has 1 heterocycles. The van der Waals surface area contributed by atoms with Crippen molar-refractivity contribution in [2.75, 3.05) is 0 Å². The molecule has 0 aliphatic carbocycles. The number of furan rings is 1. The van der Waals surface area contributed by atoms with Crippen molar-refractivity contribution in [2.24, 2.45) is 11.7 Å². The molecule has 1 aromatic heterocycles. The summed E-state index contributed by atoms with van der Waals surface area (Å²) in [5.41, 5.74) is 4.90. The highest BCUT2D eigenvalue weighted by molar-refractivity contribution is 6.02. The summed E-state index contributed by atoms with van der Waals surface area (Å²) in [5.74, 6) is -2.15. The van der Waals surface area contributed by atoms with Gasteiger partial charge in [0.2, 0.25) is 11.7 Å². The number of amides is 1. The molecule has 76 valence electrons. The Hall–Kier alpha value is -2.35. The van der Waals surface area contributed by atoms with Crippen LogP contribution in [-0.2, 0) is 4.79 Å². The van der Waals surface area contributed by atoms with E-state index < -0.39 is 17.6 Å². The molecule has 2 N–H and O–H groups in total. The van der Waals surface area contributed by atoms with Crippen molar-refractivity contribution in [1.82, 2.24) is 0 Å². The standard InChI is InChI=1S/C10H8N2O3/c11-6-7(10(12)14)3-4-8(13)9-2-1-5-15-9/h1-5,7H,(H2,12,14)/b4-3+. The number of rotatable bonds is 4. The maximum Gasteiger partial charge on any atom is 0.238 e. The molecule has 1 atom stereocenters. The van der Waals surface area contributed by atoms with Crippen LogP contribution in [-0.4, -0.2) is 11.7 Å². The van der Waals surface area contributed by atoms with E-state index in [1.807, 2.05) is 0 Å². The van der Waals surface area contributed by atoms with Gasteiger partial charge < -0.3 is 10.2 Å². The zero-order chi connectivity index (χ0) is 11.3. The molecule has 0 bridgehead atoms. The molecule has 1 rings (SSSR count). The number of primary amides is 1. The van der Waals surface area contributed by atoms with Gasteiger partial charge in [-0.2, -0.15) is 5.26 Å². The van der Waals surface area contributed by atoms with Crippen LogP contribution < -0.4 is 5.73 Å². The van der Waals surface area contributed by atoms with Crippen molar-refractivity contribution in [3.8, 4) is 6.07 Å². The summed E-state index contributed by atoms with van der Waals surface area (Å²) in [6.07, 6.45) is 3.60. The van der Waals surface area contributed by atoms with Gasteiger partial charge in [-0.15, -0.1) is 0 Å². The van der Waals surface area contributed by atoms with Crippen molar-refractivity contribution < 1.29 is 14.0 Å². The first kappa shape index (κ1) is 10.7. The number of carbonyl (C=O) groups excluding carboxylic acids is 2. The molecule has 0 spiro atoms. The maximum atomic E-state index is 11.3. The summed E-state index contributed by atoms with van der Waals surface area (Å²) in [5, 5.41) is 8.50. The van der Waals surface area contributed by atoms with Crippen LogP contribution in [0.4, 0.5) is 0 Å². The van der Waals surface area contributed by atoms with Crippen molar-refractivity contribution in [2.45, 2.75) is 0 Å². The highest BCUT2D eigenvalue weighted by Gasteiger charge is 2.11. The van der Waals surface area contributed by atoms with Gasteiger partial charge in [0.15, 0.2) is 5.76 Å². The largest absolute Gasteiger partial charge is 0.461 e. The Bertz CT molecular complexity index is 426. The highest BCUT2D eigenvalue weighted by atomic mass is 16.3. The van der Waals surface area contributed by atoms with Crippen LogP contribution in [0.25, 0.3) is 0 Å². The van der Waals surface area contributed by atoms with Crippen LogP contribution in [0.2, 0.25) is 0 Å². The Balaban J connectivity index is 2.70. The number of allylic oxidation sites excluding steroid dienone is 1. The fourth-order valence-corrected chi connectivity index (χ4v) is 0.886. The Labute approximate surface area is 85.8 Å². The van der Waals surface area contributed by atoms with Crippen LogP contribution in [0.3, 0.4) is 0 Å². The quantitative estimate of drug-likeness (QED) is 0.574. The average Bonchev–Trinajstić information content (AvgIpc) is 2.70. The van der Waals surface area contributed by atoms with Gasteiger partial charge in [0, 0.05) is 0 Å². The number of carbonyl (C=O) groups is 2. The van der Waals surface area contributed by atoms with Crippen LogP contribution in [0.5, 0.6) is 0 Å². The van der Waals surface area contributed by atoms with Crippen molar-refractivity contribution >= 4 is 11.7 Å². The first-order valence-electron chi connectivity index (χ1n) is 4.10. The van der Waals surface area contributed by atoms with E-state index in [4.69, 9.17) is 15.4 Å². The van der Waals surface area contributed by atoms with Gasteiger partial charge in [-0.05, 0) is 18.2 Å². The normalized spacial score (nSPS) is 12.2. The molecule has 5 heteroatoms. The third kappa shape index (κ3) is 2.81. The third-order valence-electron chi connectivity index (χ3n) is 1.65. The van der Waals surface area contributed by atoms with Crippen molar-refractivity contribution in [3.05, 3.63) is 36.3 Å². The van der Waals surface area contributed by atoms with Crippen LogP contribution >= 0.6 is 0 Å². The van der Waals surface area contributed by atoms with E-state index in [-0.39, 0.29) is 5.76 Å². The number of ketones is 1. The van der Waals surface area contributed by atoms with Crippen LogP contribution in [0.1, 0.15) is 10.6 Å². The Morgan fingerprint density at radius 1 is 1.60 bits per heavy atom. The van der Waals surface area contributed by atoms with Gasteiger partial charge in [-0.1, -0.05) is 6.08 Å². The monoisotopic (exact) mass is 204 g/mol. The molecule has 0 aliphatic rings. The van der Waals surface area contributed by atoms with E-state index in [0.29, 0.717) is 0 Å². The molecule has 0 aliphatic heterocycles. The molecule has 0 aromatic carbocycles. The van der Waals surface area contributed by atoms with Crippen LogP contribution in [0, 0.1) is 17.2 Å². The summed E-state index contributed by atoms with van der Waals surface area (Å²) in [6.45, 7) is 0. The van der Waals surface area contributed by atoms with Gasteiger partial charge in [0.05, 0.1) is 12.3 Å². The van der Waals surface area contributed by atoms with E-state index in [1.54, 1.807) is 12.1 Å². The molecule has 0 radical (unpaired) electrons. The van der Waals surface area contributed by atoms with Crippen molar-refractivity contribution in [1.29, 1.82) is 5.26 Å². The van der Waals surface area contributed by atoms with E-state index in [1.165, 1.54) is 12.3 Å². The minimum Gasteiger partial charge on any atom is -0.461 e. The zero-order valence-electron chi connectivity index (χ0n) is 7.71. The molecule has 0 fully saturated rings. The second-order valence-electron chi connectivity index (χ2n) is 2.71. The van der Waals surface area contributed by atoms with E-state index >= 15 is 0 Å². The SMILES string of the molecule is N#CC(/C=C/C(=O)c1ccco1)C(N)=O. The predicted molar refractivity (Wildman–Crippen MR) is 50.5 cm³/mol. The lowest BCUT2D eigenvalue weighted by atomic mass is 10.1. The van der Waals surface area contributed by atoms with Gasteiger partial charge in [0.25, 0.3) is 0 Å². The van der Waals surface area contributed by atoms with E-state index in [0.717, 1.165) is 12.2 Å². The topological polar surface area (TPSA) is 97.1 Å². The number of hydrogen-bond acceptors (Lipinski definition) is 4. The maximum absolute atomic E-state index is 11.3. The van der Waals surface area contributed by atoms with Crippen LogP contribution in [0.15, 0.2) is 35.0 Å². The molecule has 0 saturated carbocycles. The summed E-state index contributed by atoms with van der Waals surface area (Å²) in [4.78, 5) is 21.9. The molecule has 0 saturated heterocycles. The molecular formula is C10H8N2O3. The lowest BCUT2D eigenvalue weighted by Gasteiger charge is -1.94. The van der Waals surface area contributed by atoms with Gasteiger partial charge in [0.1, 0.15) is 5.92 Å². The number of hydrogen-bond donors (Lipinski definition) is 1. The Morgan fingerprint density at radius 3 is 2.80 bits per heavy atom. The molecular weight excluding hydrogens is 196 g/mol. The average molecular weight is 204 g/mol. The smallest absolute Gasteiger partial charge is 0.238 e. The predicted octanol–water partition coefficient (Wildman–Crippen LogP) is 0.644. The molecule has 1 amide bonds. The number of nitrogens with zero attached hydrogens (tertiary/aromatic N) is 1. The minimum atomic E-state index is -1.09. The Kier molecular flexibility index (Phi) is 3.41. The molecule has 1 aromatic rings. The molecule has 5 nitrogen and oxygen atoms in total. The molecule has 15 heavy (non-hydrogen) atoms. The number of nitriles is 1. The first-order valence-corrected chi connectivity index (χ1v) is 4.10. The summed E-state index contributed by atoms with van der Waals surface area (Å²) < 4.78 is 4.82. The zero-order valence-corrected chi connectivity index (χ0v) is 7.71. The third-order valence-corrected chi connectivity index (χ3v) is 1.65. The summed E-state index contributed by atoms with van der Waals surface area (Å²) in [6, 6.07) is 4.71.